The molecule has 0 heterocycles. The molecule has 0 atom stereocenters. The third-order valence-corrected chi connectivity index (χ3v) is 9.88. The number of hydrogen-bond acceptors (Lipinski definition) is 1. The summed E-state index contributed by atoms with van der Waals surface area (Å²) < 4.78 is 117. The van der Waals surface area contributed by atoms with E-state index < -0.39 is 95.4 Å². The highest BCUT2D eigenvalue weighted by atomic mass is 15.1. The minimum absolute atomic E-state index is 0.0231. The van der Waals surface area contributed by atoms with E-state index in [4.69, 9.17) is 6.85 Å². The van der Waals surface area contributed by atoms with Crippen molar-refractivity contribution in [3.8, 4) is 44.5 Å². The van der Waals surface area contributed by atoms with Crippen LogP contribution < -0.4 is 4.90 Å². The van der Waals surface area contributed by atoms with Crippen molar-refractivity contribution in [3.63, 3.8) is 0 Å². The number of benzene rings is 10. The highest BCUT2D eigenvalue weighted by molar-refractivity contribution is 6.08. The van der Waals surface area contributed by atoms with Crippen molar-refractivity contribution in [1.29, 1.82) is 0 Å². The molecular formula is C54H37N. The SMILES string of the molecule is [2H]c1c([2H])c([2H])c(-c2c([2H])c([2H])c(N(c3ccc(-c4ccc5ccccc5c4-c4ccccc4)cc3)c3c([2H])c([2H])c(-c4ccc5c(ccc6ccccc65)c4)c([2H])c3[2H])c([2H])c2[2H])c([2H])c1[2H]. The molecule has 10 aromatic rings. The van der Waals surface area contributed by atoms with Crippen LogP contribution in [0.4, 0.5) is 17.1 Å². The van der Waals surface area contributed by atoms with Gasteiger partial charge in [0.25, 0.3) is 0 Å². The van der Waals surface area contributed by atoms with Crippen LogP contribution in [-0.4, -0.2) is 0 Å². The van der Waals surface area contributed by atoms with Crippen molar-refractivity contribution in [2.24, 2.45) is 0 Å². The number of nitrogens with zero attached hydrogens (tertiary/aromatic N) is 1. The zero-order valence-corrected chi connectivity index (χ0v) is 29.3. The van der Waals surface area contributed by atoms with E-state index in [2.05, 4.69) is 6.07 Å². The summed E-state index contributed by atoms with van der Waals surface area (Å²) in [6.07, 6.45) is 0. The maximum atomic E-state index is 9.59. The highest BCUT2D eigenvalue weighted by Gasteiger charge is 2.16. The van der Waals surface area contributed by atoms with Gasteiger partial charge in [-0.15, -0.1) is 0 Å². The van der Waals surface area contributed by atoms with E-state index in [0.717, 1.165) is 54.6 Å². The Hall–Kier alpha value is -7.22. The van der Waals surface area contributed by atoms with Gasteiger partial charge in [0, 0.05) is 17.1 Å². The van der Waals surface area contributed by atoms with Crippen molar-refractivity contribution < 1.29 is 17.8 Å². The van der Waals surface area contributed by atoms with Crippen LogP contribution in [0.1, 0.15) is 17.8 Å². The Kier molecular flexibility index (Phi) is 5.45. The Labute approximate surface area is 340 Å². The van der Waals surface area contributed by atoms with Crippen LogP contribution in [0, 0.1) is 0 Å². The fourth-order valence-electron chi connectivity index (χ4n) is 7.24. The number of hydrogen-bond donors (Lipinski definition) is 0. The summed E-state index contributed by atoms with van der Waals surface area (Å²) in [7, 11) is 0. The summed E-state index contributed by atoms with van der Waals surface area (Å²) in [6, 6.07) is 38.0. The maximum absolute atomic E-state index is 9.59. The molecule has 1 nitrogen and oxygen atoms in total. The van der Waals surface area contributed by atoms with Gasteiger partial charge >= 0.3 is 0 Å². The first-order valence-corrected chi connectivity index (χ1v) is 17.9. The second kappa shape index (κ2) is 14.0. The molecule has 0 aliphatic rings. The lowest BCUT2D eigenvalue weighted by molar-refractivity contribution is 1.28. The van der Waals surface area contributed by atoms with Crippen LogP contribution in [0.15, 0.2) is 224 Å². The zero-order valence-electron chi connectivity index (χ0n) is 42.3. The largest absolute Gasteiger partial charge is 0.311 e. The predicted molar refractivity (Wildman–Crippen MR) is 235 cm³/mol. The van der Waals surface area contributed by atoms with E-state index >= 15 is 0 Å². The van der Waals surface area contributed by atoms with Gasteiger partial charge in [-0.2, -0.15) is 0 Å². The van der Waals surface area contributed by atoms with Crippen LogP contribution >= 0.6 is 0 Å². The average molecular weight is 713 g/mol. The normalized spacial score (nSPS) is 14.6. The quantitative estimate of drug-likeness (QED) is 0.149. The van der Waals surface area contributed by atoms with E-state index in [9.17, 15) is 11.0 Å². The first-order valence-electron chi connectivity index (χ1n) is 24.4. The molecule has 0 fully saturated rings. The van der Waals surface area contributed by atoms with E-state index in [1.807, 2.05) is 109 Å². The Morgan fingerprint density at radius 2 is 0.836 bits per heavy atom. The topological polar surface area (TPSA) is 3.24 Å². The molecule has 10 aromatic carbocycles. The third-order valence-electron chi connectivity index (χ3n) is 9.88. The van der Waals surface area contributed by atoms with Gasteiger partial charge in [0.1, 0.15) is 0 Å². The molecule has 0 saturated carbocycles. The number of fused-ring (bicyclic) bond motifs is 4. The lowest BCUT2D eigenvalue weighted by Gasteiger charge is -2.26. The molecule has 0 N–H and O–H groups in total. The van der Waals surface area contributed by atoms with Crippen LogP contribution in [0.25, 0.3) is 76.8 Å². The van der Waals surface area contributed by atoms with Gasteiger partial charge in [0.05, 0.1) is 17.8 Å². The lowest BCUT2D eigenvalue weighted by Crippen LogP contribution is -2.09. The molecule has 0 amide bonds. The Morgan fingerprint density at radius 1 is 0.309 bits per heavy atom. The summed E-state index contributed by atoms with van der Waals surface area (Å²) in [6.45, 7) is 0. The number of anilines is 3. The molecule has 0 unspecified atom stereocenters. The Bertz CT molecular complexity index is 3640. The monoisotopic (exact) mass is 712 g/mol. The van der Waals surface area contributed by atoms with Crippen molar-refractivity contribution in [3.05, 3.63) is 224 Å². The van der Waals surface area contributed by atoms with Crippen molar-refractivity contribution >= 4 is 49.4 Å². The molecule has 0 aromatic heterocycles. The highest BCUT2D eigenvalue weighted by Crippen LogP contribution is 2.41. The molecule has 55 heavy (non-hydrogen) atoms. The second-order valence-corrected chi connectivity index (χ2v) is 13.1. The minimum atomic E-state index is -0.736. The average Bonchev–Trinajstić information content (AvgIpc) is 3.36. The molecule has 0 bridgehead atoms. The van der Waals surface area contributed by atoms with Crippen molar-refractivity contribution in [1.82, 2.24) is 0 Å². The molecular weight excluding hydrogens is 663 g/mol. The van der Waals surface area contributed by atoms with Gasteiger partial charge in [-0.25, -0.2) is 0 Å². The van der Waals surface area contributed by atoms with E-state index in [1.54, 1.807) is 30.3 Å². The van der Waals surface area contributed by atoms with Gasteiger partial charge in [-0.3, -0.25) is 0 Å². The fourth-order valence-corrected chi connectivity index (χ4v) is 7.24. The van der Waals surface area contributed by atoms with Crippen molar-refractivity contribution in [2.45, 2.75) is 0 Å². The van der Waals surface area contributed by atoms with Crippen molar-refractivity contribution in [2.75, 3.05) is 4.90 Å². The third kappa shape index (κ3) is 6.12. The predicted octanol–water partition coefficient (Wildman–Crippen LogP) is 15.3. The standard InChI is InChI=1S/C54H37N/c1-3-11-38(12-4-1)39-21-29-47(30-22-39)55(48-31-23-40(24-32-48)45-28-35-51-46(37-45)20-19-41-13-7-9-17-50(41)51)49-33-25-43(26-34-49)53-36-27-42-14-8-10-18-52(42)54(53)44-15-5-2-6-16-44/h1-37H/i1D,3D,4D,11D,12D,21D,22D,23D,24D,29D,30D,31D,32D. The summed E-state index contributed by atoms with van der Waals surface area (Å²) in [5, 5.41) is 5.89. The van der Waals surface area contributed by atoms with Gasteiger partial charge in [-0.1, -0.05) is 182 Å². The lowest BCUT2D eigenvalue weighted by atomic mass is 9.90. The fraction of sp³-hybridized carbons (Fsp3) is 0. The van der Waals surface area contributed by atoms with Crippen LogP contribution in [0.3, 0.4) is 0 Å². The van der Waals surface area contributed by atoms with Crippen LogP contribution in [0.5, 0.6) is 0 Å². The minimum Gasteiger partial charge on any atom is -0.311 e. The molecule has 0 saturated heterocycles. The van der Waals surface area contributed by atoms with Gasteiger partial charge in [-0.05, 0) is 119 Å². The molecule has 0 aliphatic heterocycles. The number of rotatable bonds is 7. The van der Waals surface area contributed by atoms with Gasteiger partial charge in [0.15, 0.2) is 0 Å². The molecule has 0 aliphatic carbocycles. The van der Waals surface area contributed by atoms with E-state index in [-0.39, 0.29) is 16.9 Å². The summed E-state index contributed by atoms with van der Waals surface area (Å²) in [5.74, 6) is 0. The van der Waals surface area contributed by atoms with Crippen LogP contribution in [0.2, 0.25) is 0 Å². The first kappa shape index (κ1) is 21.5. The molecule has 258 valence electrons. The Balaban J connectivity index is 1.20. The maximum Gasteiger partial charge on any atom is 0.0645 e. The zero-order chi connectivity index (χ0) is 47.9. The molecule has 1 heteroatoms. The summed E-state index contributed by atoms with van der Waals surface area (Å²) in [5.41, 5.74) is 2.42. The second-order valence-electron chi connectivity index (χ2n) is 13.1. The van der Waals surface area contributed by atoms with Gasteiger partial charge in [0.2, 0.25) is 0 Å². The van der Waals surface area contributed by atoms with E-state index in [0.29, 0.717) is 5.56 Å². The first-order chi connectivity index (χ1) is 32.7. The molecule has 0 spiro atoms. The van der Waals surface area contributed by atoms with Gasteiger partial charge < -0.3 is 4.90 Å². The summed E-state index contributed by atoms with van der Waals surface area (Å²) >= 11 is 0. The summed E-state index contributed by atoms with van der Waals surface area (Å²) in [4.78, 5) is 1.19. The Morgan fingerprint density at radius 3 is 1.55 bits per heavy atom. The molecule has 0 radical (unpaired) electrons. The smallest absolute Gasteiger partial charge is 0.0645 e. The molecule has 10 rings (SSSR count). The van der Waals surface area contributed by atoms with Crippen LogP contribution in [-0.2, 0) is 0 Å². The van der Waals surface area contributed by atoms with E-state index in [1.165, 1.54) is 4.90 Å².